The molecule has 1 amide bonds. The molecule has 7 heteroatoms. The number of esters is 1. The molecule has 0 fully saturated rings. The van der Waals surface area contributed by atoms with Crippen molar-refractivity contribution in [3.8, 4) is 5.75 Å². The smallest absolute Gasteiger partial charge is 0.338 e. The average molecular weight is 368 g/mol. The van der Waals surface area contributed by atoms with Crippen molar-refractivity contribution in [3.05, 3.63) is 58.1 Å². The minimum absolute atomic E-state index is 0.326. The Bertz CT molecular complexity index is 732. The largest absolute Gasteiger partial charge is 0.494 e. The fraction of sp³-hybridized carbons (Fsp3) is 0.176. The van der Waals surface area contributed by atoms with Crippen LogP contribution in [-0.2, 0) is 9.53 Å². The molecule has 0 aliphatic heterocycles. The van der Waals surface area contributed by atoms with Crippen LogP contribution in [-0.4, -0.2) is 25.1 Å². The molecule has 2 aromatic rings. The molecule has 5 nitrogen and oxygen atoms in total. The van der Waals surface area contributed by atoms with Crippen molar-refractivity contribution in [3.63, 3.8) is 0 Å². The van der Waals surface area contributed by atoms with E-state index in [2.05, 4.69) is 5.32 Å². The summed E-state index contributed by atoms with van der Waals surface area (Å²) in [5, 5.41) is 3.30. The number of carbonyl (C=O) groups is 2. The van der Waals surface area contributed by atoms with E-state index in [1.807, 2.05) is 6.92 Å². The third kappa shape index (κ3) is 5.15. The first-order chi connectivity index (χ1) is 11.5. The van der Waals surface area contributed by atoms with E-state index >= 15 is 0 Å². The summed E-state index contributed by atoms with van der Waals surface area (Å²) in [4.78, 5) is 23.7. The van der Waals surface area contributed by atoms with Gasteiger partial charge in [-0.1, -0.05) is 23.2 Å². The maximum absolute atomic E-state index is 11.9. The number of hydrogen-bond donors (Lipinski definition) is 1. The Balaban J connectivity index is 1.88. The highest BCUT2D eigenvalue weighted by Gasteiger charge is 2.12. The second kappa shape index (κ2) is 8.57. The topological polar surface area (TPSA) is 64.6 Å². The zero-order valence-electron chi connectivity index (χ0n) is 12.8. The normalized spacial score (nSPS) is 10.1. The van der Waals surface area contributed by atoms with Gasteiger partial charge in [0.05, 0.1) is 22.9 Å². The van der Waals surface area contributed by atoms with Crippen LogP contribution in [0.5, 0.6) is 5.75 Å². The van der Waals surface area contributed by atoms with Gasteiger partial charge in [0, 0.05) is 5.02 Å². The Morgan fingerprint density at radius 3 is 2.46 bits per heavy atom. The highest BCUT2D eigenvalue weighted by molar-refractivity contribution is 6.35. The van der Waals surface area contributed by atoms with Gasteiger partial charge in [-0.05, 0) is 49.4 Å². The lowest BCUT2D eigenvalue weighted by molar-refractivity contribution is -0.119. The summed E-state index contributed by atoms with van der Waals surface area (Å²) in [6, 6.07) is 11.1. The van der Waals surface area contributed by atoms with Gasteiger partial charge >= 0.3 is 5.97 Å². The number of halogens is 2. The zero-order valence-corrected chi connectivity index (χ0v) is 14.4. The second-order valence-electron chi connectivity index (χ2n) is 4.71. The van der Waals surface area contributed by atoms with Crippen molar-refractivity contribution in [2.24, 2.45) is 0 Å². The minimum Gasteiger partial charge on any atom is -0.494 e. The molecular formula is C17H15Cl2NO4. The molecule has 0 saturated carbocycles. The summed E-state index contributed by atoms with van der Waals surface area (Å²) >= 11 is 11.8. The number of benzene rings is 2. The third-order valence-electron chi connectivity index (χ3n) is 2.94. The Labute approximate surface area is 149 Å². The molecule has 0 heterocycles. The standard InChI is InChI=1S/C17H15Cl2NO4/c1-2-23-13-6-3-11(4-7-13)17(22)24-10-16(21)20-15-9-12(18)5-8-14(15)19/h3-9H,2,10H2,1H3,(H,20,21). The fourth-order valence-corrected chi connectivity index (χ4v) is 2.18. The van der Waals surface area contributed by atoms with Gasteiger partial charge in [-0.25, -0.2) is 4.79 Å². The van der Waals surface area contributed by atoms with Crippen molar-refractivity contribution in [2.75, 3.05) is 18.5 Å². The molecule has 0 radical (unpaired) electrons. The van der Waals surface area contributed by atoms with Crippen LogP contribution in [0.15, 0.2) is 42.5 Å². The molecule has 0 unspecified atom stereocenters. The minimum atomic E-state index is -0.606. The molecule has 2 rings (SSSR count). The average Bonchev–Trinajstić information content (AvgIpc) is 2.57. The Morgan fingerprint density at radius 2 is 1.79 bits per heavy atom. The number of amides is 1. The van der Waals surface area contributed by atoms with Gasteiger partial charge in [0.25, 0.3) is 5.91 Å². The van der Waals surface area contributed by atoms with Crippen molar-refractivity contribution in [1.29, 1.82) is 0 Å². The molecule has 24 heavy (non-hydrogen) atoms. The molecule has 0 aliphatic carbocycles. The Hall–Kier alpha value is -2.24. The second-order valence-corrected chi connectivity index (χ2v) is 5.55. The molecule has 0 saturated heterocycles. The van der Waals surface area contributed by atoms with E-state index in [0.717, 1.165) is 0 Å². The molecular weight excluding hydrogens is 353 g/mol. The van der Waals surface area contributed by atoms with Crippen LogP contribution < -0.4 is 10.1 Å². The predicted molar refractivity (Wildman–Crippen MR) is 93.0 cm³/mol. The number of carbonyl (C=O) groups excluding carboxylic acids is 2. The number of nitrogens with one attached hydrogen (secondary N) is 1. The lowest BCUT2D eigenvalue weighted by atomic mass is 10.2. The lowest BCUT2D eigenvalue weighted by Gasteiger charge is -2.09. The molecule has 1 N–H and O–H groups in total. The number of rotatable bonds is 6. The van der Waals surface area contributed by atoms with Gasteiger partial charge in [-0.15, -0.1) is 0 Å². The number of ether oxygens (including phenoxy) is 2. The van der Waals surface area contributed by atoms with Gasteiger partial charge < -0.3 is 14.8 Å². The van der Waals surface area contributed by atoms with E-state index < -0.39 is 18.5 Å². The quantitative estimate of drug-likeness (QED) is 0.777. The van der Waals surface area contributed by atoms with Crippen LogP contribution in [0.1, 0.15) is 17.3 Å². The molecule has 0 spiro atoms. The first-order valence-electron chi connectivity index (χ1n) is 7.14. The summed E-state index contributed by atoms with van der Waals surface area (Å²) in [5.41, 5.74) is 0.679. The van der Waals surface area contributed by atoms with E-state index in [1.54, 1.807) is 36.4 Å². The van der Waals surface area contributed by atoms with E-state index in [0.29, 0.717) is 33.7 Å². The molecule has 126 valence electrons. The van der Waals surface area contributed by atoms with Crippen molar-refractivity contribution < 1.29 is 19.1 Å². The fourth-order valence-electron chi connectivity index (χ4n) is 1.85. The van der Waals surface area contributed by atoms with Crippen LogP contribution in [0.25, 0.3) is 0 Å². The Morgan fingerprint density at radius 1 is 1.08 bits per heavy atom. The molecule has 0 aromatic heterocycles. The monoisotopic (exact) mass is 367 g/mol. The summed E-state index contributed by atoms with van der Waals surface area (Å²) in [7, 11) is 0. The SMILES string of the molecule is CCOc1ccc(C(=O)OCC(=O)Nc2cc(Cl)ccc2Cl)cc1. The molecule has 0 atom stereocenters. The Kier molecular flexibility index (Phi) is 6.46. The highest BCUT2D eigenvalue weighted by Crippen LogP contribution is 2.25. The van der Waals surface area contributed by atoms with E-state index in [9.17, 15) is 9.59 Å². The van der Waals surface area contributed by atoms with Gasteiger partial charge in [0.2, 0.25) is 0 Å². The van der Waals surface area contributed by atoms with Crippen molar-refractivity contribution >= 4 is 40.8 Å². The summed E-state index contributed by atoms with van der Waals surface area (Å²) in [6.45, 7) is 1.97. The van der Waals surface area contributed by atoms with Crippen LogP contribution in [0, 0.1) is 0 Å². The van der Waals surface area contributed by atoms with Crippen LogP contribution in [0.3, 0.4) is 0 Å². The van der Waals surface area contributed by atoms with Gasteiger partial charge in [-0.3, -0.25) is 4.79 Å². The van der Waals surface area contributed by atoms with E-state index in [1.165, 1.54) is 6.07 Å². The van der Waals surface area contributed by atoms with Gasteiger partial charge in [0.1, 0.15) is 5.75 Å². The van der Waals surface area contributed by atoms with Crippen molar-refractivity contribution in [2.45, 2.75) is 6.92 Å². The predicted octanol–water partition coefficient (Wildman–Crippen LogP) is 4.19. The lowest BCUT2D eigenvalue weighted by Crippen LogP contribution is -2.21. The first kappa shape index (κ1) is 18.1. The molecule has 0 bridgehead atoms. The van der Waals surface area contributed by atoms with Crippen LogP contribution >= 0.6 is 23.2 Å². The highest BCUT2D eigenvalue weighted by atomic mass is 35.5. The molecule has 0 aliphatic rings. The maximum atomic E-state index is 11.9. The number of hydrogen-bond acceptors (Lipinski definition) is 4. The molecule has 2 aromatic carbocycles. The van der Waals surface area contributed by atoms with Crippen molar-refractivity contribution in [1.82, 2.24) is 0 Å². The van der Waals surface area contributed by atoms with E-state index in [4.69, 9.17) is 32.7 Å². The number of anilines is 1. The third-order valence-corrected chi connectivity index (χ3v) is 3.50. The van der Waals surface area contributed by atoms with Crippen LogP contribution in [0.2, 0.25) is 10.0 Å². The van der Waals surface area contributed by atoms with Gasteiger partial charge in [0.15, 0.2) is 6.61 Å². The van der Waals surface area contributed by atoms with E-state index in [-0.39, 0.29) is 0 Å². The first-order valence-corrected chi connectivity index (χ1v) is 7.90. The summed E-state index contributed by atoms with van der Waals surface area (Å²) in [6.07, 6.45) is 0. The summed E-state index contributed by atoms with van der Waals surface area (Å²) in [5.74, 6) is -0.466. The summed E-state index contributed by atoms with van der Waals surface area (Å²) < 4.78 is 10.3. The zero-order chi connectivity index (χ0) is 17.5. The van der Waals surface area contributed by atoms with Gasteiger partial charge in [-0.2, -0.15) is 0 Å². The maximum Gasteiger partial charge on any atom is 0.338 e. The van der Waals surface area contributed by atoms with Crippen LogP contribution in [0.4, 0.5) is 5.69 Å².